The Labute approximate surface area is 215 Å². The molecule has 0 aliphatic carbocycles. The minimum Gasteiger partial charge on any atom is -0.485 e. The lowest BCUT2D eigenvalue weighted by Crippen LogP contribution is -2.38. The predicted octanol–water partition coefficient (Wildman–Crippen LogP) is 5.85. The van der Waals surface area contributed by atoms with Crippen molar-refractivity contribution in [2.75, 3.05) is 18.6 Å². The Hall–Kier alpha value is -4.31. The summed E-state index contributed by atoms with van der Waals surface area (Å²) in [6.45, 7) is 2.04. The third-order valence-corrected chi connectivity index (χ3v) is 7.46. The predicted molar refractivity (Wildman–Crippen MR) is 139 cm³/mol. The van der Waals surface area contributed by atoms with E-state index in [0.717, 1.165) is 15.8 Å². The normalized spacial score (nSPS) is 14.5. The lowest BCUT2D eigenvalue weighted by molar-refractivity contribution is 0.190. The molecule has 1 amide bonds. The summed E-state index contributed by atoms with van der Waals surface area (Å²) in [7, 11) is 1.54. The summed E-state index contributed by atoms with van der Waals surface area (Å²) in [6, 6.07) is 14.1. The van der Waals surface area contributed by atoms with E-state index in [2.05, 4.69) is 9.97 Å². The number of benzene rings is 3. The molecule has 5 aromatic rings. The molecule has 6 rings (SSSR count). The zero-order valence-electron chi connectivity index (χ0n) is 19.9. The Morgan fingerprint density at radius 1 is 1.22 bits per heavy atom. The molecule has 10 heteroatoms. The second kappa shape index (κ2) is 8.97. The van der Waals surface area contributed by atoms with Crippen molar-refractivity contribution < 1.29 is 23.8 Å². The standard InChI is InChI=1S/C27H21FN4O4S/c1-14-8-17(23-20(9-14)30-22(35-2)12-29-23)26-31-21-11-19(28)24-18(25(21)37-26)10-16(36-24)13-32(27(33)34)15-6-4-3-5-7-15/h3-9,11-12,16H,10,13H2,1-2H3,(H,33,34)/t16-/m1/s1. The van der Waals surface area contributed by atoms with E-state index >= 15 is 4.39 Å². The van der Waals surface area contributed by atoms with Crippen molar-refractivity contribution in [1.82, 2.24) is 15.0 Å². The van der Waals surface area contributed by atoms with Crippen LogP contribution in [0.2, 0.25) is 0 Å². The highest BCUT2D eigenvalue weighted by atomic mass is 32.1. The Kier molecular flexibility index (Phi) is 5.60. The molecule has 3 heterocycles. The first-order valence-corrected chi connectivity index (χ1v) is 12.4. The maximum atomic E-state index is 15.1. The van der Waals surface area contributed by atoms with Crippen molar-refractivity contribution in [1.29, 1.82) is 0 Å². The van der Waals surface area contributed by atoms with Crippen LogP contribution >= 0.6 is 11.3 Å². The molecule has 1 atom stereocenters. The molecule has 0 saturated heterocycles. The van der Waals surface area contributed by atoms with Gasteiger partial charge in [-0.05, 0) is 36.8 Å². The van der Waals surface area contributed by atoms with Gasteiger partial charge < -0.3 is 14.6 Å². The second-order valence-corrected chi connectivity index (χ2v) is 9.80. The van der Waals surface area contributed by atoms with Gasteiger partial charge in [-0.1, -0.05) is 18.2 Å². The van der Waals surface area contributed by atoms with Gasteiger partial charge in [0.05, 0.1) is 41.1 Å². The van der Waals surface area contributed by atoms with Crippen LogP contribution in [0.4, 0.5) is 14.9 Å². The van der Waals surface area contributed by atoms with Gasteiger partial charge in [0.1, 0.15) is 11.1 Å². The molecule has 0 radical (unpaired) electrons. The SMILES string of the molecule is COc1cnc2c(-c3nc4cc(F)c5c(c4s3)C[C@H](CN(C(=O)O)c3ccccc3)O5)cc(C)cc2n1. The van der Waals surface area contributed by atoms with E-state index in [1.807, 2.05) is 25.1 Å². The van der Waals surface area contributed by atoms with Gasteiger partial charge in [-0.2, -0.15) is 0 Å². The van der Waals surface area contributed by atoms with Gasteiger partial charge in [0, 0.05) is 29.3 Å². The van der Waals surface area contributed by atoms with Crippen LogP contribution < -0.4 is 14.4 Å². The average molecular weight is 517 g/mol. The number of amides is 1. The molecule has 1 aliphatic rings. The van der Waals surface area contributed by atoms with Crippen molar-refractivity contribution in [3.63, 3.8) is 0 Å². The summed E-state index contributed by atoms with van der Waals surface area (Å²) in [5.74, 6) is 0.0640. The van der Waals surface area contributed by atoms with Crippen LogP contribution in [0.1, 0.15) is 11.1 Å². The van der Waals surface area contributed by atoms with Gasteiger partial charge in [0.2, 0.25) is 5.88 Å². The number of carboxylic acid groups (broad SMARTS) is 1. The molecule has 3 aromatic carbocycles. The largest absolute Gasteiger partial charge is 0.485 e. The highest BCUT2D eigenvalue weighted by Gasteiger charge is 2.32. The maximum Gasteiger partial charge on any atom is 0.411 e. The fourth-order valence-electron chi connectivity index (χ4n) is 4.66. The molecule has 1 aliphatic heterocycles. The van der Waals surface area contributed by atoms with Crippen molar-refractivity contribution in [2.45, 2.75) is 19.4 Å². The fourth-order valence-corrected chi connectivity index (χ4v) is 5.77. The lowest BCUT2D eigenvalue weighted by Gasteiger charge is -2.22. The third-order valence-electron chi connectivity index (χ3n) is 6.29. The molecule has 37 heavy (non-hydrogen) atoms. The van der Waals surface area contributed by atoms with E-state index in [1.165, 1.54) is 22.3 Å². The number of hydrogen-bond donors (Lipinski definition) is 1. The number of anilines is 1. The summed E-state index contributed by atoms with van der Waals surface area (Å²) in [5, 5.41) is 10.5. The summed E-state index contributed by atoms with van der Waals surface area (Å²) >= 11 is 1.43. The first-order chi connectivity index (χ1) is 17.9. The third kappa shape index (κ3) is 4.09. The van der Waals surface area contributed by atoms with Gasteiger partial charge in [-0.25, -0.2) is 24.1 Å². The van der Waals surface area contributed by atoms with E-state index in [4.69, 9.17) is 14.5 Å². The number of carbonyl (C=O) groups is 1. The first-order valence-electron chi connectivity index (χ1n) is 11.6. The van der Waals surface area contributed by atoms with Crippen LogP contribution in [0.3, 0.4) is 0 Å². The number of rotatable bonds is 5. The molecule has 2 aromatic heterocycles. The lowest BCUT2D eigenvalue weighted by atomic mass is 10.1. The number of ether oxygens (including phenoxy) is 2. The Balaban J connectivity index is 1.38. The Morgan fingerprint density at radius 3 is 2.78 bits per heavy atom. The topological polar surface area (TPSA) is 97.7 Å². The van der Waals surface area contributed by atoms with Gasteiger partial charge in [-0.3, -0.25) is 4.90 Å². The van der Waals surface area contributed by atoms with E-state index in [1.54, 1.807) is 37.6 Å². The Bertz CT molecular complexity index is 1670. The molecule has 0 spiro atoms. The molecule has 0 saturated carbocycles. The van der Waals surface area contributed by atoms with Gasteiger partial charge in [0.15, 0.2) is 11.6 Å². The Morgan fingerprint density at radius 2 is 2.03 bits per heavy atom. The number of para-hydroxylation sites is 1. The summed E-state index contributed by atoms with van der Waals surface area (Å²) in [6.07, 6.45) is 0.300. The van der Waals surface area contributed by atoms with Crippen LogP contribution in [0.25, 0.3) is 31.8 Å². The minimum absolute atomic E-state index is 0.0700. The van der Waals surface area contributed by atoms with Crippen molar-refractivity contribution in [3.05, 3.63) is 71.7 Å². The van der Waals surface area contributed by atoms with Crippen LogP contribution in [0.5, 0.6) is 11.6 Å². The average Bonchev–Trinajstić information content (AvgIpc) is 3.51. The van der Waals surface area contributed by atoms with Crippen LogP contribution in [0.15, 0.2) is 54.7 Å². The highest BCUT2D eigenvalue weighted by molar-refractivity contribution is 7.22. The molecular formula is C27H21FN4O4S. The van der Waals surface area contributed by atoms with Gasteiger partial charge in [-0.15, -0.1) is 11.3 Å². The number of aryl methyl sites for hydroxylation is 1. The van der Waals surface area contributed by atoms with Crippen molar-refractivity contribution in [3.8, 4) is 22.2 Å². The monoisotopic (exact) mass is 516 g/mol. The smallest absolute Gasteiger partial charge is 0.411 e. The molecule has 0 bridgehead atoms. The molecule has 1 N–H and O–H groups in total. The zero-order chi connectivity index (χ0) is 25.7. The zero-order valence-corrected chi connectivity index (χ0v) is 20.8. The molecule has 0 fully saturated rings. The van der Waals surface area contributed by atoms with E-state index in [0.29, 0.717) is 45.1 Å². The highest BCUT2D eigenvalue weighted by Crippen LogP contribution is 2.43. The number of nitrogens with zero attached hydrogens (tertiary/aromatic N) is 4. The quantitative estimate of drug-likeness (QED) is 0.313. The number of halogens is 1. The number of hydrogen-bond acceptors (Lipinski definition) is 7. The number of aromatic nitrogens is 3. The summed E-state index contributed by atoms with van der Waals surface area (Å²) in [4.78, 5) is 26.9. The van der Waals surface area contributed by atoms with E-state index < -0.39 is 18.0 Å². The van der Waals surface area contributed by atoms with E-state index in [-0.39, 0.29) is 12.3 Å². The van der Waals surface area contributed by atoms with Gasteiger partial charge >= 0.3 is 6.09 Å². The first kappa shape index (κ1) is 23.1. The maximum absolute atomic E-state index is 15.1. The molecule has 186 valence electrons. The van der Waals surface area contributed by atoms with Gasteiger partial charge in [0.25, 0.3) is 0 Å². The molecular weight excluding hydrogens is 495 g/mol. The number of fused-ring (bicyclic) bond motifs is 4. The number of methoxy groups -OCH3 is 1. The van der Waals surface area contributed by atoms with Crippen LogP contribution in [-0.4, -0.2) is 45.9 Å². The fraction of sp³-hybridized carbons (Fsp3) is 0.185. The molecule has 0 unspecified atom stereocenters. The van der Waals surface area contributed by atoms with Crippen molar-refractivity contribution >= 4 is 44.4 Å². The minimum atomic E-state index is -1.10. The summed E-state index contributed by atoms with van der Waals surface area (Å²) < 4.78 is 27.1. The van der Waals surface area contributed by atoms with E-state index in [9.17, 15) is 9.90 Å². The van der Waals surface area contributed by atoms with Crippen LogP contribution in [-0.2, 0) is 6.42 Å². The molecule has 8 nitrogen and oxygen atoms in total. The summed E-state index contributed by atoms with van der Waals surface area (Å²) in [5.41, 5.74) is 4.90. The van der Waals surface area contributed by atoms with Crippen LogP contribution in [0, 0.1) is 12.7 Å². The number of thiazole rings is 1. The second-order valence-electron chi connectivity index (χ2n) is 8.80. The van der Waals surface area contributed by atoms with Crippen molar-refractivity contribution in [2.24, 2.45) is 0 Å².